The number of nitro groups is 1. The fraction of sp³-hybridized carbons (Fsp3) is 0.0667. The Kier molecular flexibility index (Phi) is 5.15. The molecule has 0 bridgehead atoms. The van der Waals surface area contributed by atoms with Gasteiger partial charge in [0.2, 0.25) is 0 Å². The smallest absolute Gasteiger partial charge is 0.338 e. The highest BCUT2D eigenvalue weighted by Gasteiger charge is 2.13. The van der Waals surface area contributed by atoms with E-state index < -0.39 is 35.0 Å². The molecule has 0 aliphatic heterocycles. The van der Waals surface area contributed by atoms with E-state index in [1.807, 2.05) is 0 Å². The first-order chi connectivity index (χ1) is 11.3. The number of nitrogens with zero attached hydrogens (tertiary/aromatic N) is 1. The maximum Gasteiger partial charge on any atom is 0.338 e. The lowest BCUT2D eigenvalue weighted by molar-refractivity contribution is -0.384. The molecule has 0 aromatic heterocycles. The monoisotopic (exact) mass is 336 g/mol. The van der Waals surface area contributed by atoms with Crippen LogP contribution in [0.5, 0.6) is 0 Å². The van der Waals surface area contributed by atoms with E-state index in [1.165, 1.54) is 18.2 Å². The van der Waals surface area contributed by atoms with Crippen LogP contribution in [0.4, 0.5) is 20.2 Å². The van der Waals surface area contributed by atoms with Crippen LogP contribution < -0.4 is 5.32 Å². The molecule has 124 valence electrons. The van der Waals surface area contributed by atoms with Crippen molar-refractivity contribution < 1.29 is 28.0 Å². The van der Waals surface area contributed by atoms with Crippen LogP contribution in [0.25, 0.3) is 0 Å². The summed E-state index contributed by atoms with van der Waals surface area (Å²) in [6.07, 6.45) is 0. The van der Waals surface area contributed by atoms with Crippen molar-refractivity contribution in [1.82, 2.24) is 0 Å². The van der Waals surface area contributed by atoms with Gasteiger partial charge < -0.3 is 10.1 Å². The summed E-state index contributed by atoms with van der Waals surface area (Å²) in [6.45, 7) is -0.723. The fourth-order valence-corrected chi connectivity index (χ4v) is 1.78. The van der Waals surface area contributed by atoms with E-state index in [4.69, 9.17) is 0 Å². The van der Waals surface area contributed by atoms with Crippen molar-refractivity contribution >= 4 is 23.3 Å². The molecule has 0 heterocycles. The lowest BCUT2D eigenvalue weighted by atomic mass is 10.2. The molecule has 2 aromatic carbocycles. The Morgan fingerprint density at radius 2 is 1.79 bits per heavy atom. The normalized spacial score (nSPS) is 10.1. The zero-order valence-electron chi connectivity index (χ0n) is 12.0. The largest absolute Gasteiger partial charge is 0.452 e. The van der Waals surface area contributed by atoms with Crippen LogP contribution in [0.3, 0.4) is 0 Å². The number of hydrogen-bond donors (Lipinski definition) is 1. The van der Waals surface area contributed by atoms with Crippen LogP contribution in [0.15, 0.2) is 42.5 Å². The number of esters is 1. The molecule has 0 aliphatic rings. The lowest BCUT2D eigenvalue weighted by Crippen LogP contribution is -2.21. The molecule has 2 aromatic rings. The third-order valence-corrected chi connectivity index (χ3v) is 2.77. The minimum atomic E-state index is -1.08. The summed E-state index contributed by atoms with van der Waals surface area (Å²) >= 11 is 0. The van der Waals surface area contributed by atoms with Gasteiger partial charge in [0.25, 0.3) is 11.6 Å². The summed E-state index contributed by atoms with van der Waals surface area (Å²) in [7, 11) is 0. The van der Waals surface area contributed by atoms with Gasteiger partial charge in [-0.25, -0.2) is 13.6 Å². The quantitative estimate of drug-likeness (QED) is 0.514. The van der Waals surface area contributed by atoms with Crippen LogP contribution in [0.1, 0.15) is 10.4 Å². The minimum Gasteiger partial charge on any atom is -0.452 e. The van der Waals surface area contributed by atoms with Crippen molar-refractivity contribution in [2.45, 2.75) is 0 Å². The Morgan fingerprint density at radius 1 is 1.12 bits per heavy atom. The summed E-state index contributed by atoms with van der Waals surface area (Å²) in [5.74, 6) is -3.76. The molecule has 9 heteroatoms. The number of carbonyl (C=O) groups excluding carboxylic acids is 2. The van der Waals surface area contributed by atoms with E-state index in [-0.39, 0.29) is 16.9 Å². The second-order valence-corrected chi connectivity index (χ2v) is 4.59. The number of non-ortho nitro benzene ring substituents is 1. The second kappa shape index (κ2) is 7.27. The maximum absolute atomic E-state index is 13.0. The Balaban J connectivity index is 1.94. The zero-order chi connectivity index (χ0) is 17.7. The number of nitrogens with one attached hydrogen (secondary N) is 1. The Hall–Kier alpha value is -3.36. The molecule has 1 N–H and O–H groups in total. The predicted molar refractivity (Wildman–Crippen MR) is 78.4 cm³/mol. The number of amides is 1. The number of rotatable bonds is 5. The Morgan fingerprint density at radius 3 is 2.42 bits per heavy atom. The first-order valence-corrected chi connectivity index (χ1v) is 6.52. The van der Waals surface area contributed by atoms with Gasteiger partial charge in [0.15, 0.2) is 6.61 Å². The first-order valence-electron chi connectivity index (χ1n) is 6.52. The van der Waals surface area contributed by atoms with Crippen LogP contribution in [0.2, 0.25) is 0 Å². The molecule has 0 spiro atoms. The highest BCUT2D eigenvalue weighted by atomic mass is 19.1. The standard InChI is InChI=1S/C15H10F2N2O5/c16-10-4-9(5-11(17)6-10)15(21)24-8-14(20)18-12-2-1-3-13(7-12)19(22)23/h1-7H,8H2,(H,18,20). The molecule has 24 heavy (non-hydrogen) atoms. The SMILES string of the molecule is O=C(COC(=O)c1cc(F)cc(F)c1)Nc1cccc([N+](=O)[O-])c1. The van der Waals surface area contributed by atoms with Gasteiger partial charge in [-0.3, -0.25) is 14.9 Å². The van der Waals surface area contributed by atoms with Crippen molar-refractivity contribution in [2.24, 2.45) is 0 Å². The molecule has 0 radical (unpaired) electrons. The van der Waals surface area contributed by atoms with Gasteiger partial charge in [0.05, 0.1) is 10.5 Å². The molecular formula is C15H10F2N2O5. The first kappa shape index (κ1) is 17.0. The Bertz CT molecular complexity index is 790. The molecule has 7 nitrogen and oxygen atoms in total. The summed E-state index contributed by atoms with van der Waals surface area (Å²) in [4.78, 5) is 33.3. The number of hydrogen-bond acceptors (Lipinski definition) is 5. The lowest BCUT2D eigenvalue weighted by Gasteiger charge is -2.07. The number of anilines is 1. The maximum atomic E-state index is 13.0. The summed E-state index contributed by atoms with van der Waals surface area (Å²) < 4.78 is 30.6. The molecule has 0 fully saturated rings. The molecule has 1 amide bonds. The van der Waals surface area contributed by atoms with Crippen LogP contribution in [-0.2, 0) is 9.53 Å². The molecular weight excluding hydrogens is 326 g/mol. The van der Waals surface area contributed by atoms with Gasteiger partial charge in [-0.2, -0.15) is 0 Å². The number of halogens is 2. The number of benzene rings is 2. The predicted octanol–water partition coefficient (Wildman–Crippen LogP) is 2.67. The third kappa shape index (κ3) is 4.57. The third-order valence-electron chi connectivity index (χ3n) is 2.77. The number of nitro benzene ring substituents is 1. The zero-order valence-corrected chi connectivity index (χ0v) is 12.0. The summed E-state index contributed by atoms with van der Waals surface area (Å²) in [6, 6.07) is 7.28. The number of ether oxygens (including phenoxy) is 1. The molecule has 0 atom stereocenters. The van der Waals surface area contributed by atoms with Crippen molar-refractivity contribution in [3.63, 3.8) is 0 Å². The molecule has 0 unspecified atom stereocenters. The van der Waals surface area contributed by atoms with Gasteiger partial charge in [-0.15, -0.1) is 0 Å². The molecule has 0 saturated heterocycles. The fourth-order valence-electron chi connectivity index (χ4n) is 1.78. The molecule has 0 aliphatic carbocycles. The number of carbonyl (C=O) groups is 2. The van der Waals surface area contributed by atoms with Crippen molar-refractivity contribution in [1.29, 1.82) is 0 Å². The van der Waals surface area contributed by atoms with Crippen molar-refractivity contribution in [2.75, 3.05) is 11.9 Å². The van der Waals surface area contributed by atoms with Gasteiger partial charge >= 0.3 is 5.97 Å². The average molecular weight is 336 g/mol. The van der Waals surface area contributed by atoms with Crippen molar-refractivity contribution in [3.05, 3.63) is 69.8 Å². The van der Waals surface area contributed by atoms with Crippen LogP contribution >= 0.6 is 0 Å². The van der Waals surface area contributed by atoms with E-state index in [0.29, 0.717) is 6.07 Å². The summed E-state index contributed by atoms with van der Waals surface area (Å²) in [5.41, 5.74) is -0.460. The Labute approximate surface area is 134 Å². The van der Waals surface area contributed by atoms with Crippen LogP contribution in [-0.4, -0.2) is 23.4 Å². The van der Waals surface area contributed by atoms with Gasteiger partial charge in [-0.05, 0) is 18.2 Å². The second-order valence-electron chi connectivity index (χ2n) is 4.59. The van der Waals surface area contributed by atoms with E-state index in [0.717, 1.165) is 18.2 Å². The summed E-state index contributed by atoms with van der Waals surface area (Å²) in [5, 5.41) is 12.9. The molecule has 0 saturated carbocycles. The van der Waals surface area contributed by atoms with E-state index >= 15 is 0 Å². The molecule has 2 rings (SSSR count). The average Bonchev–Trinajstić information content (AvgIpc) is 2.52. The van der Waals surface area contributed by atoms with Crippen molar-refractivity contribution in [3.8, 4) is 0 Å². The highest BCUT2D eigenvalue weighted by molar-refractivity contribution is 5.95. The van der Waals surface area contributed by atoms with E-state index in [9.17, 15) is 28.5 Å². The van der Waals surface area contributed by atoms with Crippen LogP contribution in [0, 0.1) is 21.7 Å². The highest BCUT2D eigenvalue weighted by Crippen LogP contribution is 2.17. The topological polar surface area (TPSA) is 98.5 Å². The van der Waals surface area contributed by atoms with Gasteiger partial charge in [0, 0.05) is 23.9 Å². The minimum absolute atomic E-state index is 0.141. The van der Waals surface area contributed by atoms with Gasteiger partial charge in [-0.1, -0.05) is 6.07 Å². The van der Waals surface area contributed by atoms with E-state index in [1.54, 1.807) is 0 Å². The van der Waals surface area contributed by atoms with E-state index in [2.05, 4.69) is 10.1 Å². The van der Waals surface area contributed by atoms with Gasteiger partial charge in [0.1, 0.15) is 11.6 Å².